The summed E-state index contributed by atoms with van der Waals surface area (Å²) in [7, 11) is 0. The quantitative estimate of drug-likeness (QED) is 0.598. The van der Waals surface area contributed by atoms with Crippen molar-refractivity contribution < 1.29 is 4.39 Å². The molecule has 0 atom stereocenters. The maximum Gasteiger partial charge on any atom is 0.123 e. The Bertz CT molecular complexity index is 291. The Kier molecular flexibility index (Phi) is 1.50. The Morgan fingerprint density at radius 1 is 1.25 bits per heavy atom. The maximum atomic E-state index is 13.0. The molecule has 0 aromatic heterocycles. The van der Waals surface area contributed by atoms with Crippen molar-refractivity contribution in [3.63, 3.8) is 0 Å². The second-order valence-corrected chi connectivity index (χ2v) is 4.08. The molecule has 1 aliphatic rings. The fourth-order valence-corrected chi connectivity index (χ4v) is 1.56. The van der Waals surface area contributed by atoms with Gasteiger partial charge in [0, 0.05) is 0 Å². The largest absolute Gasteiger partial charge is 0.207 e. The van der Waals surface area contributed by atoms with Crippen LogP contribution in [0.3, 0.4) is 0 Å². The Morgan fingerprint density at radius 3 is 2.42 bits per heavy atom. The van der Waals surface area contributed by atoms with Crippen molar-refractivity contribution in [1.82, 2.24) is 0 Å². The number of aryl methyl sites for hydroxylation is 1. The summed E-state index contributed by atoms with van der Waals surface area (Å²) in [5.74, 6) is -0.0990. The lowest BCUT2D eigenvalue weighted by molar-refractivity contribution is 0.619. The van der Waals surface area contributed by atoms with Crippen molar-refractivity contribution in [1.29, 1.82) is 0 Å². The van der Waals surface area contributed by atoms with Gasteiger partial charge in [-0.25, -0.2) is 4.39 Å². The molecule has 64 valence electrons. The van der Waals surface area contributed by atoms with Gasteiger partial charge in [-0.15, -0.1) is 0 Å². The zero-order valence-corrected chi connectivity index (χ0v) is 7.52. The van der Waals surface area contributed by atoms with Gasteiger partial charge in [-0.2, -0.15) is 0 Å². The van der Waals surface area contributed by atoms with Gasteiger partial charge in [0.05, 0.1) is 0 Å². The second kappa shape index (κ2) is 2.32. The molecular weight excluding hydrogens is 151 g/mol. The predicted octanol–water partition coefficient (Wildman–Crippen LogP) is 3.19. The highest BCUT2D eigenvalue weighted by atomic mass is 19.1. The molecular formula is C11H13F. The van der Waals surface area contributed by atoms with E-state index in [4.69, 9.17) is 0 Å². The van der Waals surface area contributed by atoms with E-state index in [2.05, 4.69) is 13.0 Å². The molecule has 0 radical (unpaired) electrons. The Labute approximate surface area is 72.4 Å². The minimum absolute atomic E-state index is 0.0990. The van der Waals surface area contributed by atoms with Crippen molar-refractivity contribution in [3.05, 3.63) is 35.1 Å². The fourth-order valence-electron chi connectivity index (χ4n) is 1.56. The molecule has 0 aliphatic heterocycles. The number of hydrogen-bond acceptors (Lipinski definition) is 0. The molecule has 1 aromatic carbocycles. The molecule has 0 saturated heterocycles. The number of benzene rings is 1. The first-order chi connectivity index (χ1) is 5.60. The smallest absolute Gasteiger partial charge is 0.123 e. The van der Waals surface area contributed by atoms with Crippen LogP contribution >= 0.6 is 0 Å². The van der Waals surface area contributed by atoms with Crippen LogP contribution in [0, 0.1) is 12.7 Å². The molecule has 1 saturated carbocycles. The number of hydrogen-bond donors (Lipinski definition) is 0. The molecule has 1 aromatic rings. The minimum atomic E-state index is -0.0990. The molecule has 0 heterocycles. The van der Waals surface area contributed by atoms with Crippen molar-refractivity contribution in [2.75, 3.05) is 0 Å². The van der Waals surface area contributed by atoms with Crippen LogP contribution in [0.1, 0.15) is 30.9 Å². The van der Waals surface area contributed by atoms with Gasteiger partial charge in [0.15, 0.2) is 0 Å². The molecule has 1 aliphatic carbocycles. The summed E-state index contributed by atoms with van der Waals surface area (Å²) in [6, 6.07) is 5.34. The van der Waals surface area contributed by atoms with Crippen LogP contribution in [-0.2, 0) is 5.41 Å². The van der Waals surface area contributed by atoms with E-state index in [0.29, 0.717) is 0 Å². The van der Waals surface area contributed by atoms with Crippen LogP contribution in [0.5, 0.6) is 0 Å². The summed E-state index contributed by atoms with van der Waals surface area (Å²) in [5, 5.41) is 0. The van der Waals surface area contributed by atoms with Crippen molar-refractivity contribution in [3.8, 4) is 0 Å². The predicted molar refractivity (Wildman–Crippen MR) is 47.7 cm³/mol. The van der Waals surface area contributed by atoms with Gasteiger partial charge in [0.2, 0.25) is 0 Å². The van der Waals surface area contributed by atoms with Crippen LogP contribution in [0.15, 0.2) is 18.2 Å². The Morgan fingerprint density at radius 2 is 1.92 bits per heavy atom. The lowest BCUT2D eigenvalue weighted by atomic mass is 9.97. The molecule has 1 fully saturated rings. The zero-order valence-electron chi connectivity index (χ0n) is 7.52. The standard InChI is InChI=1S/C11H13F/c1-8-5-9(7-10(12)6-8)11(2)3-4-11/h5-7H,3-4H2,1-2H3. The first-order valence-corrected chi connectivity index (χ1v) is 4.38. The number of rotatable bonds is 1. The van der Waals surface area contributed by atoms with Crippen molar-refractivity contribution in [2.24, 2.45) is 0 Å². The second-order valence-electron chi connectivity index (χ2n) is 4.08. The number of halogens is 1. The van der Waals surface area contributed by atoms with Crippen LogP contribution in [0.25, 0.3) is 0 Å². The average Bonchev–Trinajstić information content (AvgIpc) is 2.67. The van der Waals surface area contributed by atoms with Crippen LogP contribution < -0.4 is 0 Å². The SMILES string of the molecule is Cc1cc(F)cc(C2(C)CC2)c1. The molecule has 0 bridgehead atoms. The third kappa shape index (κ3) is 1.24. The molecule has 1 heteroatoms. The summed E-state index contributed by atoms with van der Waals surface area (Å²) in [6.45, 7) is 4.14. The van der Waals surface area contributed by atoms with Crippen LogP contribution in [0.2, 0.25) is 0 Å². The molecule has 0 unspecified atom stereocenters. The first-order valence-electron chi connectivity index (χ1n) is 4.38. The molecule has 2 rings (SSSR count). The first kappa shape index (κ1) is 7.78. The summed E-state index contributed by atoms with van der Waals surface area (Å²) >= 11 is 0. The highest BCUT2D eigenvalue weighted by Crippen LogP contribution is 2.47. The van der Waals surface area contributed by atoms with Gasteiger partial charge < -0.3 is 0 Å². The van der Waals surface area contributed by atoms with E-state index in [1.807, 2.05) is 6.92 Å². The summed E-state index contributed by atoms with van der Waals surface area (Å²) < 4.78 is 13.0. The van der Waals surface area contributed by atoms with E-state index in [-0.39, 0.29) is 11.2 Å². The van der Waals surface area contributed by atoms with E-state index in [0.717, 1.165) is 5.56 Å². The lowest BCUT2D eigenvalue weighted by Crippen LogP contribution is -2.00. The van der Waals surface area contributed by atoms with Gasteiger partial charge in [-0.3, -0.25) is 0 Å². The maximum absolute atomic E-state index is 13.0. The summed E-state index contributed by atoms with van der Waals surface area (Å²) in [6.07, 6.45) is 2.41. The van der Waals surface area contributed by atoms with Crippen molar-refractivity contribution in [2.45, 2.75) is 32.1 Å². The minimum Gasteiger partial charge on any atom is -0.207 e. The normalized spacial score (nSPS) is 19.2. The van der Waals surface area contributed by atoms with E-state index >= 15 is 0 Å². The topological polar surface area (TPSA) is 0 Å². The van der Waals surface area contributed by atoms with Crippen LogP contribution in [-0.4, -0.2) is 0 Å². The van der Waals surface area contributed by atoms with E-state index in [1.165, 1.54) is 18.4 Å². The Hall–Kier alpha value is -0.850. The van der Waals surface area contributed by atoms with E-state index < -0.39 is 0 Å². The zero-order chi connectivity index (χ0) is 8.77. The Balaban J connectivity index is 2.44. The highest BCUT2D eigenvalue weighted by Gasteiger charge is 2.39. The summed E-state index contributed by atoms with van der Waals surface area (Å²) in [4.78, 5) is 0. The summed E-state index contributed by atoms with van der Waals surface area (Å²) in [5.41, 5.74) is 2.48. The van der Waals surface area contributed by atoms with Gasteiger partial charge in [0.25, 0.3) is 0 Å². The van der Waals surface area contributed by atoms with Gasteiger partial charge >= 0.3 is 0 Å². The van der Waals surface area contributed by atoms with Gasteiger partial charge in [-0.1, -0.05) is 13.0 Å². The molecule has 0 nitrogen and oxygen atoms in total. The highest BCUT2D eigenvalue weighted by molar-refractivity contribution is 5.33. The van der Waals surface area contributed by atoms with Gasteiger partial charge in [0.1, 0.15) is 5.82 Å². The third-order valence-corrected chi connectivity index (χ3v) is 2.74. The average molecular weight is 164 g/mol. The van der Waals surface area contributed by atoms with Gasteiger partial charge in [-0.05, 0) is 48.4 Å². The van der Waals surface area contributed by atoms with Crippen LogP contribution in [0.4, 0.5) is 4.39 Å². The third-order valence-electron chi connectivity index (χ3n) is 2.74. The van der Waals surface area contributed by atoms with E-state index in [1.54, 1.807) is 12.1 Å². The monoisotopic (exact) mass is 164 g/mol. The molecule has 0 amide bonds. The fraction of sp³-hybridized carbons (Fsp3) is 0.455. The van der Waals surface area contributed by atoms with Crippen molar-refractivity contribution >= 4 is 0 Å². The molecule has 0 spiro atoms. The molecule has 12 heavy (non-hydrogen) atoms. The lowest BCUT2D eigenvalue weighted by Gasteiger charge is -2.09. The van der Waals surface area contributed by atoms with E-state index in [9.17, 15) is 4.39 Å². The molecule has 0 N–H and O–H groups in total.